The predicted molar refractivity (Wildman–Crippen MR) is 86.6 cm³/mol. The molecule has 0 bridgehead atoms. The number of carbonyl (C=O) groups is 2. The number of aromatic amines is 1. The molecule has 0 aliphatic rings. The Labute approximate surface area is 132 Å². The number of Topliss-reactive ketones (excluding diaryl/α,β-unsaturated/α-hetero) is 1. The van der Waals surface area contributed by atoms with Crippen LogP contribution in [0, 0.1) is 0 Å². The van der Waals surface area contributed by atoms with Crippen LogP contribution in [0.5, 0.6) is 5.75 Å². The maximum Gasteiger partial charge on any atom is 0.379 e. The summed E-state index contributed by atoms with van der Waals surface area (Å²) < 4.78 is 9.82. The molecular weight excluding hydrogens is 294 g/mol. The average Bonchev–Trinajstić information content (AvgIpc) is 2.99. The van der Waals surface area contributed by atoms with Crippen LogP contribution in [0.25, 0.3) is 22.2 Å². The summed E-state index contributed by atoms with van der Waals surface area (Å²) in [6.45, 7) is 0. The van der Waals surface area contributed by atoms with Crippen LogP contribution in [0.2, 0.25) is 0 Å². The summed E-state index contributed by atoms with van der Waals surface area (Å²) in [6.07, 6.45) is 0. The Kier molecular flexibility index (Phi) is 3.85. The van der Waals surface area contributed by atoms with Crippen molar-refractivity contribution in [3.63, 3.8) is 0 Å². The van der Waals surface area contributed by atoms with E-state index in [0.29, 0.717) is 16.8 Å². The van der Waals surface area contributed by atoms with Crippen molar-refractivity contribution in [2.45, 2.75) is 0 Å². The Balaban J connectivity index is 2.31. The minimum Gasteiger partial charge on any atom is -0.497 e. The Bertz CT molecular complexity index is 881. The van der Waals surface area contributed by atoms with E-state index in [1.807, 2.05) is 36.4 Å². The largest absolute Gasteiger partial charge is 0.497 e. The molecule has 0 fully saturated rings. The number of methoxy groups -OCH3 is 2. The van der Waals surface area contributed by atoms with Crippen LogP contribution in [-0.2, 0) is 9.53 Å². The molecule has 0 atom stereocenters. The monoisotopic (exact) mass is 309 g/mol. The van der Waals surface area contributed by atoms with Gasteiger partial charge in [0.25, 0.3) is 5.78 Å². The number of hydrogen-bond donors (Lipinski definition) is 1. The lowest BCUT2D eigenvalue weighted by Crippen LogP contribution is -2.16. The van der Waals surface area contributed by atoms with Gasteiger partial charge in [-0.05, 0) is 23.8 Å². The molecule has 116 valence electrons. The first-order valence-electron chi connectivity index (χ1n) is 7.03. The second-order valence-electron chi connectivity index (χ2n) is 4.97. The van der Waals surface area contributed by atoms with Crippen LogP contribution in [0.3, 0.4) is 0 Å². The second-order valence-corrected chi connectivity index (χ2v) is 4.97. The summed E-state index contributed by atoms with van der Waals surface area (Å²) in [5.74, 6) is -0.980. The molecule has 5 heteroatoms. The van der Waals surface area contributed by atoms with Crippen molar-refractivity contribution in [1.82, 2.24) is 4.98 Å². The molecule has 0 aliphatic carbocycles. The minimum absolute atomic E-state index is 0.289. The molecule has 0 amide bonds. The third-order valence-corrected chi connectivity index (χ3v) is 3.67. The lowest BCUT2D eigenvalue weighted by molar-refractivity contribution is -0.135. The van der Waals surface area contributed by atoms with E-state index in [4.69, 9.17) is 4.74 Å². The average molecular weight is 309 g/mol. The van der Waals surface area contributed by atoms with Crippen molar-refractivity contribution in [1.29, 1.82) is 0 Å². The predicted octanol–water partition coefficient (Wildman–Crippen LogP) is 3.20. The zero-order chi connectivity index (χ0) is 16.4. The number of carbonyl (C=O) groups excluding carboxylic acids is 2. The topological polar surface area (TPSA) is 68.4 Å². The van der Waals surface area contributed by atoms with Crippen molar-refractivity contribution in [2.24, 2.45) is 0 Å². The van der Waals surface area contributed by atoms with Gasteiger partial charge in [-0.1, -0.05) is 30.3 Å². The summed E-state index contributed by atoms with van der Waals surface area (Å²) in [4.78, 5) is 27.5. The van der Waals surface area contributed by atoms with Gasteiger partial charge >= 0.3 is 5.97 Å². The van der Waals surface area contributed by atoms with Gasteiger partial charge in [-0.15, -0.1) is 0 Å². The van der Waals surface area contributed by atoms with Gasteiger partial charge in [0.2, 0.25) is 0 Å². The summed E-state index contributed by atoms with van der Waals surface area (Å²) in [5.41, 5.74) is 2.44. The Hall–Kier alpha value is -3.08. The minimum atomic E-state index is -0.897. The van der Waals surface area contributed by atoms with Gasteiger partial charge in [0.1, 0.15) is 5.75 Å². The van der Waals surface area contributed by atoms with Gasteiger partial charge in [-0.2, -0.15) is 0 Å². The van der Waals surface area contributed by atoms with E-state index in [2.05, 4.69) is 9.72 Å². The van der Waals surface area contributed by atoms with Gasteiger partial charge < -0.3 is 14.5 Å². The molecular formula is C18H15NO4. The molecule has 5 nitrogen and oxygen atoms in total. The van der Waals surface area contributed by atoms with Crippen LogP contribution in [0.4, 0.5) is 0 Å². The molecule has 0 saturated heterocycles. The van der Waals surface area contributed by atoms with E-state index in [0.717, 1.165) is 11.1 Å². The molecule has 23 heavy (non-hydrogen) atoms. The quantitative estimate of drug-likeness (QED) is 0.456. The standard InChI is InChI=1S/C18H15NO4/c1-22-12-8-9-14-13(10-12)15(17(20)18(21)23-2)16(19-14)11-6-4-3-5-7-11/h3-10,19H,1-2H3. The molecule has 1 N–H and O–H groups in total. The Morgan fingerprint density at radius 2 is 1.74 bits per heavy atom. The number of benzene rings is 2. The van der Waals surface area contributed by atoms with E-state index >= 15 is 0 Å². The summed E-state index contributed by atoms with van der Waals surface area (Å²) >= 11 is 0. The highest BCUT2D eigenvalue weighted by atomic mass is 16.5. The molecule has 1 aromatic heterocycles. The van der Waals surface area contributed by atoms with Crippen molar-refractivity contribution in [3.05, 3.63) is 54.1 Å². The van der Waals surface area contributed by atoms with Gasteiger partial charge in [0, 0.05) is 10.9 Å². The van der Waals surface area contributed by atoms with Crippen LogP contribution in [0.1, 0.15) is 10.4 Å². The SMILES string of the molecule is COC(=O)C(=O)c1c(-c2ccccc2)[nH]c2ccc(OC)cc12. The molecule has 0 spiro atoms. The third-order valence-electron chi connectivity index (χ3n) is 3.67. The number of H-pyrrole nitrogens is 1. The van der Waals surface area contributed by atoms with E-state index < -0.39 is 11.8 Å². The van der Waals surface area contributed by atoms with E-state index in [1.165, 1.54) is 7.11 Å². The Morgan fingerprint density at radius 3 is 2.39 bits per heavy atom. The second kappa shape index (κ2) is 5.96. The zero-order valence-electron chi connectivity index (χ0n) is 12.8. The number of hydrogen-bond acceptors (Lipinski definition) is 4. The maximum absolute atomic E-state index is 12.5. The first-order chi connectivity index (χ1) is 11.2. The molecule has 0 aliphatic heterocycles. The number of ketones is 1. The van der Waals surface area contributed by atoms with Crippen LogP contribution in [-0.4, -0.2) is 31.0 Å². The van der Waals surface area contributed by atoms with Gasteiger partial charge in [-0.25, -0.2) is 4.79 Å². The van der Waals surface area contributed by atoms with Crippen molar-refractivity contribution in [3.8, 4) is 17.0 Å². The molecule has 0 unspecified atom stereocenters. The van der Waals surface area contributed by atoms with Crippen LogP contribution < -0.4 is 4.74 Å². The number of rotatable bonds is 4. The summed E-state index contributed by atoms with van der Waals surface area (Å²) in [7, 11) is 2.74. The molecule has 3 aromatic rings. The normalized spacial score (nSPS) is 10.5. The van der Waals surface area contributed by atoms with E-state index in [1.54, 1.807) is 19.2 Å². The Morgan fingerprint density at radius 1 is 1.00 bits per heavy atom. The van der Waals surface area contributed by atoms with Crippen molar-refractivity contribution < 1.29 is 19.1 Å². The third kappa shape index (κ3) is 2.57. The number of ether oxygens (including phenoxy) is 2. The van der Waals surface area contributed by atoms with Gasteiger partial charge in [0.15, 0.2) is 0 Å². The first kappa shape index (κ1) is 14.8. The lowest BCUT2D eigenvalue weighted by atomic mass is 10.0. The highest BCUT2D eigenvalue weighted by molar-refractivity contribution is 6.44. The van der Waals surface area contributed by atoms with Gasteiger partial charge in [0.05, 0.1) is 25.5 Å². The number of fused-ring (bicyclic) bond motifs is 1. The van der Waals surface area contributed by atoms with E-state index in [-0.39, 0.29) is 5.56 Å². The lowest BCUT2D eigenvalue weighted by Gasteiger charge is -2.04. The smallest absolute Gasteiger partial charge is 0.379 e. The molecule has 3 rings (SSSR count). The molecule has 0 radical (unpaired) electrons. The fourth-order valence-electron chi connectivity index (χ4n) is 2.55. The zero-order valence-corrected chi connectivity index (χ0v) is 12.8. The summed E-state index contributed by atoms with van der Waals surface area (Å²) in [6, 6.07) is 14.7. The fraction of sp³-hybridized carbons (Fsp3) is 0.111. The molecule has 0 saturated carbocycles. The molecule has 2 aromatic carbocycles. The number of esters is 1. The van der Waals surface area contributed by atoms with Gasteiger partial charge in [-0.3, -0.25) is 4.79 Å². The van der Waals surface area contributed by atoms with Crippen LogP contribution in [0.15, 0.2) is 48.5 Å². The van der Waals surface area contributed by atoms with Crippen molar-refractivity contribution >= 4 is 22.7 Å². The first-order valence-corrected chi connectivity index (χ1v) is 7.03. The van der Waals surface area contributed by atoms with Crippen LogP contribution >= 0.6 is 0 Å². The van der Waals surface area contributed by atoms with E-state index in [9.17, 15) is 9.59 Å². The van der Waals surface area contributed by atoms with Crippen molar-refractivity contribution in [2.75, 3.05) is 14.2 Å². The summed E-state index contributed by atoms with van der Waals surface area (Å²) in [5, 5.41) is 0.624. The number of aromatic nitrogens is 1. The maximum atomic E-state index is 12.5. The highest BCUT2D eigenvalue weighted by Crippen LogP contribution is 2.33. The fourth-order valence-corrected chi connectivity index (χ4v) is 2.55. The highest BCUT2D eigenvalue weighted by Gasteiger charge is 2.26. The number of nitrogens with one attached hydrogen (secondary N) is 1. The molecule has 1 heterocycles.